The first-order valence-electron chi connectivity index (χ1n) is 14.5. The Hall–Kier alpha value is -5.10. The van der Waals surface area contributed by atoms with Crippen molar-refractivity contribution in [1.82, 2.24) is 4.98 Å². The number of pyridine rings is 1. The molecule has 0 fully saturated rings. The molecule has 1 aromatic heterocycles. The number of hydrogen-bond donors (Lipinski definition) is 0. The number of anilines is 1. The molecule has 3 aromatic carbocycles. The van der Waals surface area contributed by atoms with E-state index >= 15 is 0 Å². The predicted octanol–water partition coefficient (Wildman–Crippen LogP) is 10.4. The Balaban J connectivity index is 0. The van der Waals surface area contributed by atoms with Crippen LogP contribution in [0.3, 0.4) is 0 Å². The van der Waals surface area contributed by atoms with Crippen molar-refractivity contribution in [2.24, 2.45) is 5.10 Å². The average Bonchev–Trinajstić information content (AvgIpc) is 3.02. The van der Waals surface area contributed by atoms with E-state index in [2.05, 4.69) is 31.0 Å². The second-order valence-electron chi connectivity index (χ2n) is 9.41. The van der Waals surface area contributed by atoms with Crippen molar-refractivity contribution >= 4 is 31.9 Å². The Morgan fingerprint density at radius 2 is 1.12 bits per heavy atom. The number of aromatic nitrogens is 1. The van der Waals surface area contributed by atoms with E-state index in [9.17, 15) is 39.3 Å². The molecule has 0 saturated carbocycles. The number of hydrazone groups is 1. The molecule has 272 valence electrons. The largest absolute Gasteiger partial charge is 2.00 e. The average molecular weight is 808 g/mol. The summed E-state index contributed by atoms with van der Waals surface area (Å²) in [5.74, 6) is 0.227. The third-order valence-corrected chi connectivity index (χ3v) is 5.55. The van der Waals surface area contributed by atoms with Crippen LogP contribution in [0.4, 0.5) is 40.3 Å². The molecule has 0 radical (unpaired) electrons. The number of benzene rings is 3. The normalized spacial score (nSPS) is 9.86. The standard InChI is InChI=1S/C30H27N3O.2C2H3N.2BF4.Pd/c1-4-13-27(34)33(30-26(20-12-21-31-30)28-22(2)14-11-15-23(28)3)32-29(24-16-7-5-8-17-24)25-18-9-6-10-19-25;2*1-2-3;2*2-1(3,4)5;/h4-21H,1-3H3;2*1H3;;;/q;;;2*-1;+2/b13-4+;;;;;. The number of allylic oxidation sites excluding steroid dienone is 1. The summed E-state index contributed by atoms with van der Waals surface area (Å²) in [6.45, 7) is 8.82. The molecular formula is C34H33B2F8N5OPd. The molecule has 51 heavy (non-hydrogen) atoms. The molecule has 17 heteroatoms. The van der Waals surface area contributed by atoms with E-state index in [0.29, 0.717) is 11.5 Å². The summed E-state index contributed by atoms with van der Waals surface area (Å²) in [4.78, 5) is 18.0. The van der Waals surface area contributed by atoms with Crippen LogP contribution in [0.15, 0.2) is 114 Å². The summed E-state index contributed by atoms with van der Waals surface area (Å²) < 4.78 is 78.0. The molecule has 4 aromatic rings. The van der Waals surface area contributed by atoms with Gasteiger partial charge >= 0.3 is 34.9 Å². The van der Waals surface area contributed by atoms with Gasteiger partial charge in [0, 0.05) is 42.8 Å². The van der Waals surface area contributed by atoms with Gasteiger partial charge in [-0.15, -0.1) is 0 Å². The first kappa shape index (κ1) is 48.0. The minimum Gasteiger partial charge on any atom is -0.418 e. The van der Waals surface area contributed by atoms with Gasteiger partial charge in [-0.1, -0.05) is 84.9 Å². The van der Waals surface area contributed by atoms with Crippen LogP contribution >= 0.6 is 0 Å². The quantitative estimate of drug-likeness (QED) is 0.0638. The Labute approximate surface area is 306 Å². The van der Waals surface area contributed by atoms with Crippen molar-refractivity contribution in [1.29, 1.82) is 10.5 Å². The zero-order valence-corrected chi connectivity index (χ0v) is 29.6. The van der Waals surface area contributed by atoms with E-state index in [1.807, 2.05) is 85.8 Å². The molecule has 0 unspecified atom stereocenters. The van der Waals surface area contributed by atoms with Gasteiger partial charge in [-0.05, 0) is 49.6 Å². The van der Waals surface area contributed by atoms with E-state index in [1.165, 1.54) is 24.9 Å². The van der Waals surface area contributed by atoms with Crippen LogP contribution in [0.25, 0.3) is 11.1 Å². The van der Waals surface area contributed by atoms with Gasteiger partial charge in [0.05, 0.1) is 17.9 Å². The minimum atomic E-state index is -6.00. The number of hydrogen-bond acceptors (Lipinski definition) is 5. The number of carbonyl (C=O) groups is 1. The second kappa shape index (κ2) is 24.9. The van der Waals surface area contributed by atoms with Gasteiger partial charge in [-0.25, -0.2) is 4.98 Å². The van der Waals surface area contributed by atoms with Crippen molar-refractivity contribution < 1.29 is 59.7 Å². The number of rotatable bonds is 6. The van der Waals surface area contributed by atoms with Crippen molar-refractivity contribution in [2.45, 2.75) is 34.6 Å². The van der Waals surface area contributed by atoms with Gasteiger partial charge in [-0.2, -0.15) is 20.6 Å². The number of halogens is 8. The van der Waals surface area contributed by atoms with Gasteiger partial charge in [0.2, 0.25) is 0 Å². The van der Waals surface area contributed by atoms with Crippen molar-refractivity contribution in [3.05, 3.63) is 132 Å². The summed E-state index contributed by atoms with van der Waals surface area (Å²) in [5.41, 5.74) is 6.66. The minimum absolute atomic E-state index is 0. The maximum Gasteiger partial charge on any atom is 2.00 e. The number of amides is 1. The van der Waals surface area contributed by atoms with Gasteiger partial charge < -0.3 is 34.5 Å². The summed E-state index contributed by atoms with van der Waals surface area (Å²) >= 11 is 0. The fourth-order valence-electron chi connectivity index (χ4n) is 3.99. The number of nitriles is 2. The van der Waals surface area contributed by atoms with E-state index in [0.717, 1.165) is 33.4 Å². The molecule has 0 aliphatic carbocycles. The fourth-order valence-corrected chi connectivity index (χ4v) is 3.99. The zero-order valence-electron chi connectivity index (χ0n) is 28.0. The molecule has 0 bridgehead atoms. The fraction of sp³-hybridized carbons (Fsp3) is 0.147. The van der Waals surface area contributed by atoms with Crippen LogP contribution in [0.2, 0.25) is 0 Å². The van der Waals surface area contributed by atoms with Crippen LogP contribution in [-0.2, 0) is 25.2 Å². The van der Waals surface area contributed by atoms with Crippen LogP contribution in [0, 0.1) is 36.5 Å². The molecule has 6 nitrogen and oxygen atoms in total. The topological polar surface area (TPSA) is 93.1 Å². The van der Waals surface area contributed by atoms with Crippen molar-refractivity contribution in [3.8, 4) is 23.3 Å². The number of aryl methyl sites for hydroxylation is 2. The maximum absolute atomic E-state index is 13.4. The third kappa shape index (κ3) is 20.9. The molecule has 4 rings (SSSR count). The van der Waals surface area contributed by atoms with Gasteiger partial charge in [0.25, 0.3) is 5.91 Å². The molecular weight excluding hydrogens is 774 g/mol. The molecule has 0 aliphatic rings. The third-order valence-electron chi connectivity index (χ3n) is 5.55. The van der Waals surface area contributed by atoms with Gasteiger partial charge in [0.15, 0.2) is 5.82 Å². The Morgan fingerprint density at radius 3 is 1.49 bits per heavy atom. The smallest absolute Gasteiger partial charge is 0.418 e. The maximum atomic E-state index is 13.4. The summed E-state index contributed by atoms with van der Waals surface area (Å²) in [6, 6.07) is 33.3. The second-order valence-corrected chi connectivity index (χ2v) is 9.41. The van der Waals surface area contributed by atoms with E-state index in [1.54, 1.807) is 24.4 Å². The van der Waals surface area contributed by atoms with E-state index in [-0.39, 0.29) is 26.3 Å². The Kier molecular flexibility index (Phi) is 23.5. The molecule has 1 amide bonds. The molecule has 0 saturated heterocycles. The van der Waals surface area contributed by atoms with Crippen LogP contribution < -0.4 is 5.01 Å². The SMILES string of the molecule is C/C=C/C(=O)N(N=C(c1ccccc1)c1ccccc1)c1ncccc1-c1c(C)cccc1C.CC#N.CC#N.F[B-](F)(F)F.F[B-](F)(F)F.[Pd+2]. The number of nitrogens with zero attached hydrogens (tertiary/aromatic N) is 5. The summed E-state index contributed by atoms with van der Waals surface area (Å²) in [7, 11) is -12.0. The predicted molar refractivity (Wildman–Crippen MR) is 183 cm³/mol. The first-order valence-corrected chi connectivity index (χ1v) is 14.5. The van der Waals surface area contributed by atoms with E-state index < -0.39 is 14.5 Å². The molecule has 1 heterocycles. The monoisotopic (exact) mass is 807 g/mol. The van der Waals surface area contributed by atoms with Crippen molar-refractivity contribution in [2.75, 3.05) is 5.01 Å². The van der Waals surface area contributed by atoms with Crippen LogP contribution in [0.1, 0.15) is 43.0 Å². The van der Waals surface area contributed by atoms with Gasteiger partial charge in [-0.3, -0.25) is 4.79 Å². The Morgan fingerprint density at radius 1 is 0.725 bits per heavy atom. The molecule has 0 spiro atoms. The summed E-state index contributed by atoms with van der Waals surface area (Å²) in [6.07, 6.45) is 4.93. The van der Waals surface area contributed by atoms with E-state index in [4.69, 9.17) is 15.6 Å². The van der Waals surface area contributed by atoms with Crippen LogP contribution in [-0.4, -0.2) is 31.1 Å². The first-order chi connectivity index (χ1) is 23.4. The molecule has 0 aliphatic heterocycles. The van der Waals surface area contributed by atoms with Crippen LogP contribution in [0.5, 0.6) is 0 Å². The zero-order chi connectivity index (χ0) is 38.3. The van der Waals surface area contributed by atoms with Crippen molar-refractivity contribution in [3.63, 3.8) is 0 Å². The summed E-state index contributed by atoms with van der Waals surface area (Å²) in [5, 5.41) is 21.0. The number of carbonyl (C=O) groups excluding carboxylic acids is 1. The molecule has 0 atom stereocenters. The molecule has 0 N–H and O–H groups in total. The Bertz CT molecular complexity index is 1660. The van der Waals surface area contributed by atoms with Gasteiger partial charge in [0.1, 0.15) is 0 Å².